The molecule has 9 heteroatoms. The summed E-state index contributed by atoms with van der Waals surface area (Å²) >= 11 is 0. The summed E-state index contributed by atoms with van der Waals surface area (Å²) in [5.74, 6) is 0.250. The molecule has 3 rings (SSSR count). The van der Waals surface area contributed by atoms with E-state index in [9.17, 15) is 10.1 Å². The minimum absolute atomic E-state index is 0.0951. The van der Waals surface area contributed by atoms with E-state index in [0.29, 0.717) is 0 Å². The molecule has 0 spiro atoms. The topological polar surface area (TPSA) is 111 Å². The Morgan fingerprint density at radius 3 is 2.62 bits per heavy atom. The number of hydrazine groups is 1. The fourth-order valence-electron chi connectivity index (χ4n) is 2.18. The average Bonchev–Trinajstić information content (AvgIpc) is 2.95. The van der Waals surface area contributed by atoms with Gasteiger partial charge in [0, 0.05) is 5.54 Å². The van der Waals surface area contributed by atoms with Crippen molar-refractivity contribution in [1.82, 2.24) is 24.9 Å². The van der Waals surface area contributed by atoms with Crippen LogP contribution in [0.5, 0.6) is 0 Å². The molecule has 0 bridgehead atoms. The Morgan fingerprint density at radius 1 is 1.17 bits per heavy atom. The van der Waals surface area contributed by atoms with E-state index in [-0.39, 0.29) is 22.9 Å². The molecule has 0 radical (unpaired) electrons. The van der Waals surface area contributed by atoms with Crippen LogP contribution in [0.2, 0.25) is 0 Å². The van der Waals surface area contributed by atoms with Gasteiger partial charge in [-0.25, -0.2) is 20.4 Å². The second kappa shape index (κ2) is 5.85. The van der Waals surface area contributed by atoms with Gasteiger partial charge in [-0.05, 0) is 32.9 Å². The van der Waals surface area contributed by atoms with Crippen LogP contribution in [0.3, 0.4) is 0 Å². The third kappa shape index (κ3) is 3.01. The lowest BCUT2D eigenvalue weighted by Gasteiger charge is -2.21. The predicted octanol–water partition coefficient (Wildman–Crippen LogP) is 2.44. The highest BCUT2D eigenvalue weighted by atomic mass is 16.6. The van der Waals surface area contributed by atoms with Gasteiger partial charge in [0.05, 0.1) is 16.0 Å². The van der Waals surface area contributed by atoms with Gasteiger partial charge < -0.3 is 0 Å². The normalized spacial score (nSPS) is 11.6. The van der Waals surface area contributed by atoms with Crippen LogP contribution in [0.15, 0.2) is 36.9 Å². The number of anilines is 1. The molecule has 2 N–H and O–H groups in total. The van der Waals surface area contributed by atoms with E-state index >= 15 is 0 Å². The van der Waals surface area contributed by atoms with E-state index in [1.54, 1.807) is 4.57 Å². The summed E-state index contributed by atoms with van der Waals surface area (Å²) in [6.45, 7) is 5.78. The number of benzene rings is 1. The number of aromatic nitrogens is 4. The third-order valence-electron chi connectivity index (χ3n) is 3.22. The molecule has 9 nitrogen and oxygen atoms in total. The van der Waals surface area contributed by atoms with E-state index in [2.05, 4.69) is 25.8 Å². The first-order valence-electron chi connectivity index (χ1n) is 7.32. The fourth-order valence-corrected chi connectivity index (χ4v) is 2.18. The Balaban J connectivity index is 2.13. The number of para-hydroxylation sites is 2. The second-order valence-electron chi connectivity index (χ2n) is 6.25. The summed E-state index contributed by atoms with van der Waals surface area (Å²) in [6.07, 6.45) is 2.80. The summed E-state index contributed by atoms with van der Waals surface area (Å²) in [7, 11) is 0. The van der Waals surface area contributed by atoms with Crippen molar-refractivity contribution in [3.63, 3.8) is 0 Å². The maximum Gasteiger partial charge on any atom is 0.355 e. The number of nitro groups is 1. The third-order valence-corrected chi connectivity index (χ3v) is 3.22. The Kier molecular flexibility index (Phi) is 3.86. The molecule has 1 aromatic carbocycles. The summed E-state index contributed by atoms with van der Waals surface area (Å²) in [4.78, 5) is 23.5. The smallest absolute Gasteiger partial charge is 0.299 e. The molecule has 0 fully saturated rings. The quantitative estimate of drug-likeness (QED) is 0.559. The lowest BCUT2D eigenvalue weighted by atomic mass is 10.1. The fraction of sp³-hybridized carbons (Fsp3) is 0.267. The van der Waals surface area contributed by atoms with E-state index < -0.39 is 4.92 Å². The van der Waals surface area contributed by atoms with Crippen molar-refractivity contribution in [1.29, 1.82) is 0 Å². The van der Waals surface area contributed by atoms with Crippen LogP contribution in [-0.4, -0.2) is 30.0 Å². The molecule has 2 heterocycles. The van der Waals surface area contributed by atoms with Crippen LogP contribution in [-0.2, 0) is 0 Å². The van der Waals surface area contributed by atoms with Crippen molar-refractivity contribution in [2.75, 3.05) is 5.43 Å². The zero-order chi connectivity index (χ0) is 17.3. The number of hydrogen-bond acceptors (Lipinski definition) is 7. The molecule has 3 aromatic rings. The first kappa shape index (κ1) is 15.8. The van der Waals surface area contributed by atoms with Gasteiger partial charge in [-0.1, -0.05) is 12.1 Å². The van der Waals surface area contributed by atoms with Gasteiger partial charge in [0.15, 0.2) is 0 Å². The highest BCUT2D eigenvalue weighted by Gasteiger charge is 2.26. The Morgan fingerprint density at radius 2 is 1.92 bits per heavy atom. The van der Waals surface area contributed by atoms with Gasteiger partial charge in [-0.3, -0.25) is 20.1 Å². The Hall–Kier alpha value is -3.07. The largest absolute Gasteiger partial charge is 0.355 e. The van der Waals surface area contributed by atoms with Gasteiger partial charge in [-0.2, -0.15) is 0 Å². The highest BCUT2D eigenvalue weighted by molar-refractivity contribution is 5.78. The predicted molar refractivity (Wildman–Crippen MR) is 89.8 cm³/mol. The van der Waals surface area contributed by atoms with Crippen LogP contribution < -0.4 is 10.9 Å². The van der Waals surface area contributed by atoms with Crippen LogP contribution in [0.4, 0.5) is 11.5 Å². The molecule has 0 saturated carbocycles. The Bertz CT molecular complexity index is 898. The lowest BCUT2D eigenvalue weighted by Crippen LogP contribution is -2.40. The van der Waals surface area contributed by atoms with Crippen LogP contribution in [0, 0.1) is 10.1 Å². The van der Waals surface area contributed by atoms with Gasteiger partial charge in [-0.15, -0.1) is 0 Å². The van der Waals surface area contributed by atoms with Gasteiger partial charge in [0.2, 0.25) is 11.6 Å². The van der Waals surface area contributed by atoms with Crippen LogP contribution in [0.25, 0.3) is 16.9 Å². The molecule has 0 saturated heterocycles. The van der Waals surface area contributed by atoms with Gasteiger partial charge >= 0.3 is 5.69 Å². The van der Waals surface area contributed by atoms with Crippen LogP contribution in [0.1, 0.15) is 20.8 Å². The minimum Gasteiger partial charge on any atom is -0.299 e. The molecular formula is C15H17N7O2. The molecule has 24 heavy (non-hydrogen) atoms. The molecular weight excluding hydrogens is 310 g/mol. The first-order valence-corrected chi connectivity index (χ1v) is 7.32. The van der Waals surface area contributed by atoms with Crippen molar-refractivity contribution in [2.24, 2.45) is 0 Å². The first-order chi connectivity index (χ1) is 11.4. The average molecular weight is 327 g/mol. The summed E-state index contributed by atoms with van der Waals surface area (Å²) in [5, 5.41) is 11.6. The molecule has 0 amide bonds. The summed E-state index contributed by atoms with van der Waals surface area (Å²) in [6, 6.07) is 7.36. The highest BCUT2D eigenvalue weighted by Crippen LogP contribution is 2.29. The van der Waals surface area contributed by atoms with E-state index in [1.807, 2.05) is 45.0 Å². The molecule has 2 aromatic heterocycles. The molecule has 124 valence electrons. The van der Waals surface area contributed by atoms with Crippen LogP contribution >= 0.6 is 0 Å². The molecule has 0 aliphatic heterocycles. The number of imidazole rings is 1. The van der Waals surface area contributed by atoms with Crippen molar-refractivity contribution in [3.05, 3.63) is 47.0 Å². The molecule has 0 aliphatic rings. The van der Waals surface area contributed by atoms with Crippen molar-refractivity contribution in [3.8, 4) is 5.82 Å². The second-order valence-corrected chi connectivity index (χ2v) is 6.25. The van der Waals surface area contributed by atoms with E-state index in [0.717, 1.165) is 11.0 Å². The van der Waals surface area contributed by atoms with Crippen molar-refractivity contribution >= 4 is 22.5 Å². The molecule has 0 atom stereocenters. The van der Waals surface area contributed by atoms with E-state index in [4.69, 9.17) is 0 Å². The van der Waals surface area contributed by atoms with Crippen molar-refractivity contribution in [2.45, 2.75) is 26.3 Å². The molecule has 0 aliphatic carbocycles. The minimum atomic E-state index is -0.503. The number of nitrogens with zero attached hydrogens (tertiary/aromatic N) is 5. The number of fused-ring (bicyclic) bond motifs is 1. The number of rotatable bonds is 4. The molecule has 0 unspecified atom stereocenters. The van der Waals surface area contributed by atoms with Crippen molar-refractivity contribution < 1.29 is 4.92 Å². The van der Waals surface area contributed by atoms with E-state index in [1.165, 1.54) is 12.7 Å². The lowest BCUT2D eigenvalue weighted by molar-refractivity contribution is -0.384. The van der Waals surface area contributed by atoms with Gasteiger partial charge in [0.25, 0.3) is 0 Å². The maximum atomic E-state index is 11.6. The standard InChI is InChI=1S/C15H17N7O2/c1-15(2,3)20-19-13-12(22(23)24)14(17-8-16-13)21-9-18-10-6-4-5-7-11(10)21/h4-9,20H,1-3H3,(H,16,17,19). The SMILES string of the molecule is CC(C)(C)NNc1ncnc(-n2cnc3ccccc32)c1[N+](=O)[O-]. The van der Waals surface area contributed by atoms with Gasteiger partial charge in [0.1, 0.15) is 12.7 Å². The zero-order valence-corrected chi connectivity index (χ0v) is 13.5. The Labute approximate surface area is 137 Å². The number of hydrogen-bond donors (Lipinski definition) is 2. The number of nitrogens with one attached hydrogen (secondary N) is 2. The summed E-state index contributed by atoms with van der Waals surface area (Å²) in [5.41, 5.74) is 6.73. The monoisotopic (exact) mass is 327 g/mol. The maximum absolute atomic E-state index is 11.6. The zero-order valence-electron chi connectivity index (χ0n) is 13.5. The summed E-state index contributed by atoms with van der Waals surface area (Å²) < 4.78 is 1.58.